The first-order valence-electron chi connectivity index (χ1n) is 9.43. The van der Waals surface area contributed by atoms with Crippen LogP contribution in [0.2, 0.25) is 0 Å². The molecular weight excluding hydrogens is 364 g/mol. The first kappa shape index (κ1) is 20.2. The smallest absolute Gasteiger partial charge is 0.278 e. The lowest BCUT2D eigenvalue weighted by Gasteiger charge is -2.08. The first-order chi connectivity index (χ1) is 14.0. The minimum atomic E-state index is 0.350. The molecule has 148 valence electrons. The Balaban J connectivity index is 2.00. The zero-order valence-electron chi connectivity index (χ0n) is 17.0. The highest BCUT2D eigenvalue weighted by Gasteiger charge is 2.18. The predicted octanol–water partition coefficient (Wildman–Crippen LogP) is 4.73. The summed E-state index contributed by atoms with van der Waals surface area (Å²) in [5, 5.41) is 8.72. The number of hydrogen-bond donors (Lipinski definition) is 0. The number of rotatable bonds is 8. The molecule has 0 aliphatic heterocycles. The Morgan fingerprint density at radius 3 is 2.52 bits per heavy atom. The van der Waals surface area contributed by atoms with Crippen molar-refractivity contribution in [3.63, 3.8) is 0 Å². The quantitative estimate of drug-likeness (QED) is 0.412. The average molecular weight is 388 g/mol. The fraction of sp³-hybridized carbons (Fsp3) is 0.217. The van der Waals surface area contributed by atoms with Gasteiger partial charge < -0.3 is 9.32 Å². The molecule has 0 saturated heterocycles. The van der Waals surface area contributed by atoms with Crippen LogP contribution >= 0.6 is 0 Å². The van der Waals surface area contributed by atoms with E-state index in [-0.39, 0.29) is 0 Å². The molecule has 0 aliphatic carbocycles. The van der Waals surface area contributed by atoms with Crippen molar-refractivity contribution in [2.45, 2.75) is 33.7 Å². The third-order valence-corrected chi connectivity index (χ3v) is 4.78. The van der Waals surface area contributed by atoms with Gasteiger partial charge in [0.05, 0.1) is 5.69 Å². The Bertz CT molecular complexity index is 1080. The lowest BCUT2D eigenvalue weighted by atomic mass is 9.97. The third-order valence-electron chi connectivity index (χ3n) is 4.78. The number of benzene rings is 1. The molecule has 29 heavy (non-hydrogen) atoms. The number of aromatic nitrogens is 4. The molecule has 0 fully saturated rings. The summed E-state index contributed by atoms with van der Waals surface area (Å²) in [6.07, 6.45) is 6.68. The zero-order chi connectivity index (χ0) is 21.0. The van der Waals surface area contributed by atoms with Crippen LogP contribution in [0.15, 0.2) is 54.1 Å². The molecule has 6 heteroatoms. The van der Waals surface area contributed by atoms with Crippen LogP contribution in [-0.4, -0.2) is 26.2 Å². The van der Waals surface area contributed by atoms with Gasteiger partial charge in [0.2, 0.25) is 5.82 Å². The van der Waals surface area contributed by atoms with Crippen LogP contribution in [0.3, 0.4) is 0 Å². The van der Waals surface area contributed by atoms with E-state index in [2.05, 4.69) is 28.4 Å². The van der Waals surface area contributed by atoms with Crippen LogP contribution in [0, 0.1) is 13.8 Å². The number of aryl methyl sites for hydroxylation is 3. The predicted molar refractivity (Wildman–Crippen MR) is 114 cm³/mol. The highest BCUT2D eigenvalue weighted by Crippen LogP contribution is 2.27. The molecule has 0 unspecified atom stereocenters. The number of aldehydes is 1. The molecule has 0 bridgehead atoms. The lowest BCUT2D eigenvalue weighted by Crippen LogP contribution is -2.01. The summed E-state index contributed by atoms with van der Waals surface area (Å²) in [4.78, 5) is 15.4. The van der Waals surface area contributed by atoms with E-state index in [0.717, 1.165) is 39.8 Å². The second kappa shape index (κ2) is 8.65. The van der Waals surface area contributed by atoms with Gasteiger partial charge in [0.1, 0.15) is 6.29 Å². The van der Waals surface area contributed by atoms with Crippen molar-refractivity contribution in [1.29, 1.82) is 0 Å². The van der Waals surface area contributed by atoms with Gasteiger partial charge in [-0.15, -0.1) is 0 Å². The number of carbonyl (C=O) groups excluding carboxylic acids is 1. The molecule has 3 rings (SSSR count). The first-order valence-corrected chi connectivity index (χ1v) is 9.43. The summed E-state index contributed by atoms with van der Waals surface area (Å²) in [6.45, 7) is 14.3. The van der Waals surface area contributed by atoms with Crippen molar-refractivity contribution < 1.29 is 9.32 Å². The Labute approximate surface area is 170 Å². The number of hydrogen-bond acceptors (Lipinski definition) is 5. The van der Waals surface area contributed by atoms with Crippen LogP contribution in [0.25, 0.3) is 28.5 Å². The Morgan fingerprint density at radius 1 is 1.21 bits per heavy atom. The van der Waals surface area contributed by atoms with Crippen molar-refractivity contribution >= 4 is 11.9 Å². The Kier molecular flexibility index (Phi) is 6.02. The molecule has 6 nitrogen and oxygen atoms in total. The monoisotopic (exact) mass is 388 g/mol. The van der Waals surface area contributed by atoms with Crippen LogP contribution in [0.1, 0.15) is 29.3 Å². The second-order valence-electron chi connectivity index (χ2n) is 6.67. The molecule has 0 N–H and O–H groups in total. The van der Waals surface area contributed by atoms with Gasteiger partial charge in [0, 0.05) is 18.5 Å². The molecule has 1 aromatic carbocycles. The van der Waals surface area contributed by atoms with Crippen LogP contribution in [-0.2, 0) is 17.8 Å². The molecule has 0 saturated carbocycles. The largest absolute Gasteiger partial charge is 0.332 e. The highest BCUT2D eigenvalue weighted by atomic mass is 16.5. The van der Waals surface area contributed by atoms with Gasteiger partial charge in [0.25, 0.3) is 5.89 Å². The normalized spacial score (nSPS) is 11.5. The van der Waals surface area contributed by atoms with E-state index >= 15 is 0 Å². The molecule has 0 aliphatic rings. The van der Waals surface area contributed by atoms with Gasteiger partial charge in [-0.05, 0) is 61.2 Å². The molecule has 3 aromatic rings. The standard InChI is InChI=1S/C23H24N4O2/c1-6-9-17(7-2)21-14-20(25-27(21)8-3)23-24-22(26-29-23)18-12-15(4)19(10-11-28)16(5)13-18/h6-7,9,11-14H,1-2,8,10H2,3-5H3. The van der Waals surface area contributed by atoms with E-state index < -0.39 is 0 Å². The van der Waals surface area contributed by atoms with E-state index in [1.54, 1.807) is 12.2 Å². The van der Waals surface area contributed by atoms with Gasteiger partial charge in [0.15, 0.2) is 5.69 Å². The van der Waals surface area contributed by atoms with E-state index in [1.165, 1.54) is 0 Å². The van der Waals surface area contributed by atoms with Crippen LogP contribution in [0.4, 0.5) is 0 Å². The summed E-state index contributed by atoms with van der Waals surface area (Å²) in [6, 6.07) is 5.85. The van der Waals surface area contributed by atoms with Gasteiger partial charge in [-0.2, -0.15) is 10.1 Å². The van der Waals surface area contributed by atoms with Crippen molar-refractivity contribution in [3.8, 4) is 23.0 Å². The minimum Gasteiger partial charge on any atom is -0.332 e. The van der Waals surface area contributed by atoms with Crippen LogP contribution in [0.5, 0.6) is 0 Å². The summed E-state index contributed by atoms with van der Waals surface area (Å²) in [7, 11) is 0. The number of nitrogens with zero attached hydrogens (tertiary/aromatic N) is 4. The summed E-state index contributed by atoms with van der Waals surface area (Å²) in [5.41, 5.74) is 6.35. The molecular formula is C23H24N4O2. The molecule has 0 atom stereocenters. The lowest BCUT2D eigenvalue weighted by molar-refractivity contribution is -0.107. The minimum absolute atomic E-state index is 0.350. The second-order valence-corrected chi connectivity index (χ2v) is 6.67. The third kappa shape index (κ3) is 4.01. The number of carbonyl (C=O) groups is 1. The molecule has 0 amide bonds. The van der Waals surface area contributed by atoms with Crippen LogP contribution < -0.4 is 0 Å². The van der Waals surface area contributed by atoms with Gasteiger partial charge in [-0.3, -0.25) is 4.68 Å². The maximum absolute atomic E-state index is 10.9. The van der Waals surface area contributed by atoms with Gasteiger partial charge >= 0.3 is 0 Å². The average Bonchev–Trinajstić information content (AvgIpc) is 3.35. The summed E-state index contributed by atoms with van der Waals surface area (Å²) in [5.74, 6) is 0.838. The van der Waals surface area contributed by atoms with Crippen molar-refractivity contribution in [1.82, 2.24) is 19.9 Å². The SMILES string of the molecule is C=CC=C(C=C)c1cc(-c2nc(-c3cc(C)c(CC=O)c(C)c3)no2)nn1CC. The fourth-order valence-corrected chi connectivity index (χ4v) is 3.35. The Morgan fingerprint density at radius 2 is 1.93 bits per heavy atom. The maximum Gasteiger partial charge on any atom is 0.278 e. The highest BCUT2D eigenvalue weighted by molar-refractivity contribution is 5.75. The van der Waals surface area contributed by atoms with E-state index in [9.17, 15) is 4.79 Å². The van der Waals surface area contributed by atoms with Gasteiger partial charge in [-0.25, -0.2) is 0 Å². The molecule has 2 heterocycles. The van der Waals surface area contributed by atoms with Crippen molar-refractivity contribution in [2.75, 3.05) is 0 Å². The molecule has 0 spiro atoms. The number of allylic oxidation sites excluding steroid dienone is 4. The van der Waals surface area contributed by atoms with E-state index in [4.69, 9.17) is 4.52 Å². The summed E-state index contributed by atoms with van der Waals surface area (Å²) < 4.78 is 7.35. The van der Waals surface area contributed by atoms with E-state index in [0.29, 0.717) is 30.4 Å². The fourth-order valence-electron chi connectivity index (χ4n) is 3.35. The van der Waals surface area contributed by atoms with E-state index in [1.807, 2.05) is 49.7 Å². The van der Waals surface area contributed by atoms with Gasteiger partial charge in [-0.1, -0.05) is 36.5 Å². The Hall–Kier alpha value is -3.54. The topological polar surface area (TPSA) is 73.8 Å². The van der Waals surface area contributed by atoms with Crippen molar-refractivity contribution in [2.24, 2.45) is 0 Å². The maximum atomic E-state index is 10.9. The molecule has 2 aromatic heterocycles. The summed E-state index contributed by atoms with van der Waals surface area (Å²) >= 11 is 0. The zero-order valence-corrected chi connectivity index (χ0v) is 17.0. The van der Waals surface area contributed by atoms with Crippen molar-refractivity contribution in [3.05, 3.63) is 72.0 Å². The molecule has 0 radical (unpaired) electrons.